The van der Waals surface area contributed by atoms with E-state index in [0.717, 1.165) is 6.42 Å². The molecule has 2 unspecified atom stereocenters. The fraction of sp³-hybridized carbons (Fsp3) is 0.429. The van der Waals surface area contributed by atoms with Crippen molar-refractivity contribution >= 4 is 11.9 Å². The van der Waals surface area contributed by atoms with Gasteiger partial charge in [0.25, 0.3) is 5.91 Å². The summed E-state index contributed by atoms with van der Waals surface area (Å²) in [6, 6.07) is 8.53. The fourth-order valence-corrected chi connectivity index (χ4v) is 1.77. The van der Waals surface area contributed by atoms with E-state index in [2.05, 4.69) is 5.32 Å². The molecule has 0 fully saturated rings. The van der Waals surface area contributed by atoms with Gasteiger partial charge in [0.2, 0.25) is 0 Å². The molecule has 5 heteroatoms. The molecule has 2 atom stereocenters. The second kappa shape index (κ2) is 7.53. The van der Waals surface area contributed by atoms with Gasteiger partial charge in [-0.05, 0) is 12.0 Å². The number of carboxylic acid groups (broad SMARTS) is 1. The van der Waals surface area contributed by atoms with Crippen LogP contribution in [0.25, 0.3) is 0 Å². The summed E-state index contributed by atoms with van der Waals surface area (Å²) in [6.45, 7) is 1.92. The summed E-state index contributed by atoms with van der Waals surface area (Å²) in [7, 11) is 0. The minimum absolute atomic E-state index is 0.0336. The number of carbonyl (C=O) groups excluding carboxylic acids is 1. The van der Waals surface area contributed by atoms with Crippen LogP contribution in [0, 0.1) is 5.92 Å². The largest absolute Gasteiger partial charge is 0.481 e. The van der Waals surface area contributed by atoms with Gasteiger partial charge in [0.1, 0.15) is 0 Å². The van der Waals surface area contributed by atoms with Crippen LogP contribution in [0.15, 0.2) is 30.3 Å². The predicted octanol–water partition coefficient (Wildman–Crippen LogP) is 1.34. The van der Waals surface area contributed by atoms with Crippen LogP contribution in [0.5, 0.6) is 0 Å². The maximum atomic E-state index is 11.7. The molecule has 3 N–H and O–H groups in total. The van der Waals surface area contributed by atoms with Gasteiger partial charge in [-0.25, -0.2) is 0 Å². The highest BCUT2D eigenvalue weighted by atomic mass is 16.4. The Balaban J connectivity index is 2.53. The van der Waals surface area contributed by atoms with Crippen LogP contribution in [0.1, 0.15) is 31.4 Å². The number of benzene rings is 1. The Labute approximate surface area is 112 Å². The summed E-state index contributed by atoms with van der Waals surface area (Å²) in [6.07, 6.45) is -0.0391. The molecule has 0 aliphatic carbocycles. The lowest BCUT2D eigenvalue weighted by Crippen LogP contribution is -2.35. The molecule has 0 heterocycles. The zero-order chi connectivity index (χ0) is 14.3. The zero-order valence-corrected chi connectivity index (χ0v) is 10.9. The topological polar surface area (TPSA) is 86.6 Å². The van der Waals surface area contributed by atoms with Crippen LogP contribution in [-0.2, 0) is 9.59 Å². The number of hydrogen-bond acceptors (Lipinski definition) is 3. The van der Waals surface area contributed by atoms with Crippen molar-refractivity contribution in [1.29, 1.82) is 0 Å². The minimum Gasteiger partial charge on any atom is -0.481 e. The summed E-state index contributed by atoms with van der Waals surface area (Å²) in [4.78, 5) is 22.6. The lowest BCUT2D eigenvalue weighted by atomic mass is 10.0. The van der Waals surface area contributed by atoms with E-state index in [4.69, 9.17) is 5.11 Å². The molecule has 5 nitrogen and oxygen atoms in total. The quantitative estimate of drug-likeness (QED) is 0.694. The molecule has 0 aliphatic rings. The maximum Gasteiger partial charge on any atom is 0.308 e. The average molecular weight is 265 g/mol. The lowest BCUT2D eigenvalue weighted by Gasteiger charge is -2.15. The summed E-state index contributed by atoms with van der Waals surface area (Å²) < 4.78 is 0. The molecule has 0 saturated carbocycles. The first-order valence-electron chi connectivity index (χ1n) is 6.29. The van der Waals surface area contributed by atoms with Gasteiger partial charge in [0, 0.05) is 6.54 Å². The van der Waals surface area contributed by atoms with Crippen molar-refractivity contribution in [3.63, 3.8) is 0 Å². The molecular formula is C14H19NO4. The fourth-order valence-electron chi connectivity index (χ4n) is 1.77. The Bertz CT molecular complexity index is 419. The molecule has 1 rings (SSSR count). The van der Waals surface area contributed by atoms with Gasteiger partial charge in [-0.15, -0.1) is 0 Å². The van der Waals surface area contributed by atoms with Crippen LogP contribution in [0.2, 0.25) is 0 Å². The number of aliphatic carboxylic acids is 1. The number of aliphatic hydroxyl groups excluding tert-OH is 1. The van der Waals surface area contributed by atoms with Gasteiger partial charge in [0.05, 0.1) is 5.92 Å². The van der Waals surface area contributed by atoms with E-state index in [1.807, 2.05) is 6.92 Å². The number of aliphatic hydroxyl groups is 1. The molecule has 0 aliphatic heterocycles. The Morgan fingerprint density at radius 3 is 2.42 bits per heavy atom. The van der Waals surface area contributed by atoms with E-state index in [-0.39, 0.29) is 6.54 Å². The molecular weight excluding hydrogens is 246 g/mol. The molecule has 19 heavy (non-hydrogen) atoms. The second-order valence-corrected chi connectivity index (χ2v) is 4.38. The normalized spacial score (nSPS) is 13.6. The van der Waals surface area contributed by atoms with Gasteiger partial charge in [-0.3, -0.25) is 9.59 Å². The Morgan fingerprint density at radius 1 is 1.26 bits per heavy atom. The third-order valence-corrected chi connectivity index (χ3v) is 2.87. The van der Waals surface area contributed by atoms with Crippen molar-refractivity contribution in [2.45, 2.75) is 25.9 Å². The monoisotopic (exact) mass is 265 g/mol. The standard InChI is InChI=1S/C14H19NO4/c1-2-6-11(14(18)19)9-15-13(17)12(16)10-7-4-3-5-8-10/h3-5,7-8,11-12,16H,2,6,9H2,1H3,(H,15,17)(H,18,19). The first-order chi connectivity index (χ1) is 9.06. The number of rotatable bonds is 7. The molecule has 0 radical (unpaired) electrons. The highest BCUT2D eigenvalue weighted by Crippen LogP contribution is 2.12. The van der Waals surface area contributed by atoms with Gasteiger partial charge >= 0.3 is 5.97 Å². The molecule has 0 spiro atoms. The van der Waals surface area contributed by atoms with Crippen molar-refractivity contribution in [2.24, 2.45) is 5.92 Å². The van der Waals surface area contributed by atoms with Gasteiger partial charge in [0.15, 0.2) is 6.10 Å². The van der Waals surface area contributed by atoms with Crippen molar-refractivity contribution in [2.75, 3.05) is 6.54 Å². The van der Waals surface area contributed by atoms with Crippen molar-refractivity contribution in [1.82, 2.24) is 5.32 Å². The first-order valence-corrected chi connectivity index (χ1v) is 6.29. The van der Waals surface area contributed by atoms with Gasteiger partial charge in [-0.1, -0.05) is 43.7 Å². The molecule has 0 saturated heterocycles. The summed E-state index contributed by atoms with van der Waals surface area (Å²) >= 11 is 0. The number of nitrogens with one attached hydrogen (secondary N) is 1. The smallest absolute Gasteiger partial charge is 0.308 e. The summed E-state index contributed by atoms with van der Waals surface area (Å²) in [5.41, 5.74) is 0.488. The molecule has 104 valence electrons. The lowest BCUT2D eigenvalue weighted by molar-refractivity contribution is -0.142. The number of amides is 1. The Morgan fingerprint density at radius 2 is 1.89 bits per heavy atom. The van der Waals surface area contributed by atoms with Crippen molar-refractivity contribution in [3.8, 4) is 0 Å². The zero-order valence-electron chi connectivity index (χ0n) is 10.9. The molecule has 0 bridgehead atoms. The van der Waals surface area contributed by atoms with Crippen LogP contribution in [0.4, 0.5) is 0 Å². The maximum absolute atomic E-state index is 11.7. The van der Waals surface area contributed by atoms with Crippen LogP contribution in [-0.4, -0.2) is 28.6 Å². The average Bonchev–Trinajstić information content (AvgIpc) is 2.42. The Hall–Kier alpha value is -1.88. The van der Waals surface area contributed by atoms with E-state index in [1.54, 1.807) is 30.3 Å². The van der Waals surface area contributed by atoms with E-state index in [1.165, 1.54) is 0 Å². The molecule has 0 aromatic heterocycles. The molecule has 1 amide bonds. The Kier molecular flexibility index (Phi) is 6.02. The van der Waals surface area contributed by atoms with Crippen molar-refractivity contribution < 1.29 is 19.8 Å². The number of carbonyl (C=O) groups is 2. The van der Waals surface area contributed by atoms with Crippen molar-refractivity contribution in [3.05, 3.63) is 35.9 Å². The second-order valence-electron chi connectivity index (χ2n) is 4.38. The summed E-state index contributed by atoms with van der Waals surface area (Å²) in [5.74, 6) is -2.12. The number of hydrogen-bond donors (Lipinski definition) is 3. The SMILES string of the molecule is CCCC(CNC(=O)C(O)c1ccccc1)C(=O)O. The third kappa shape index (κ3) is 4.71. The van der Waals surface area contributed by atoms with Crippen LogP contribution >= 0.6 is 0 Å². The van der Waals surface area contributed by atoms with E-state index in [0.29, 0.717) is 12.0 Å². The van der Waals surface area contributed by atoms with Crippen LogP contribution < -0.4 is 5.32 Å². The van der Waals surface area contributed by atoms with Gasteiger partial charge in [-0.2, -0.15) is 0 Å². The highest BCUT2D eigenvalue weighted by molar-refractivity contribution is 5.82. The van der Waals surface area contributed by atoms with E-state index >= 15 is 0 Å². The number of carboxylic acids is 1. The molecule has 1 aromatic rings. The van der Waals surface area contributed by atoms with E-state index in [9.17, 15) is 14.7 Å². The predicted molar refractivity (Wildman–Crippen MR) is 70.4 cm³/mol. The van der Waals surface area contributed by atoms with Gasteiger partial charge < -0.3 is 15.5 Å². The highest BCUT2D eigenvalue weighted by Gasteiger charge is 2.21. The minimum atomic E-state index is -1.27. The third-order valence-electron chi connectivity index (χ3n) is 2.87. The molecule has 1 aromatic carbocycles. The summed E-state index contributed by atoms with van der Waals surface area (Å²) in [5, 5.41) is 21.2. The first kappa shape index (κ1) is 15.2. The van der Waals surface area contributed by atoms with Crippen LogP contribution in [0.3, 0.4) is 0 Å². The van der Waals surface area contributed by atoms with E-state index < -0.39 is 23.9 Å².